The normalized spacial score (nSPS) is 10.6. The number of nitrogens with zero attached hydrogens (tertiary/aromatic N) is 2. The minimum atomic E-state index is 0.403. The van der Waals surface area contributed by atoms with Gasteiger partial charge in [0.15, 0.2) is 0 Å². The van der Waals surface area contributed by atoms with Crippen LogP contribution in [0.15, 0.2) is 36.7 Å². The molecule has 4 heteroatoms. The van der Waals surface area contributed by atoms with Crippen molar-refractivity contribution < 1.29 is 4.74 Å². The number of para-hydroxylation sites is 1. The lowest BCUT2D eigenvalue weighted by molar-refractivity contribution is 0.452. The molecule has 0 bridgehead atoms. The minimum absolute atomic E-state index is 0.403. The zero-order valence-electron chi connectivity index (χ0n) is 12.3. The zero-order chi connectivity index (χ0) is 14.4. The molecule has 1 heterocycles. The van der Waals surface area contributed by atoms with Crippen molar-refractivity contribution in [3.63, 3.8) is 0 Å². The van der Waals surface area contributed by atoms with Gasteiger partial charge in [-0.25, -0.2) is 0 Å². The average Bonchev–Trinajstić information content (AvgIpc) is 2.46. The van der Waals surface area contributed by atoms with E-state index in [1.807, 2.05) is 18.2 Å². The lowest BCUT2D eigenvalue weighted by Crippen LogP contribution is -2.03. The number of aromatic nitrogens is 2. The minimum Gasteiger partial charge on any atom is -0.437 e. The largest absolute Gasteiger partial charge is 0.437 e. The van der Waals surface area contributed by atoms with Crippen molar-refractivity contribution in [1.29, 1.82) is 0 Å². The third-order valence-corrected chi connectivity index (χ3v) is 2.92. The molecule has 20 heavy (non-hydrogen) atoms. The van der Waals surface area contributed by atoms with E-state index in [9.17, 15) is 0 Å². The molecule has 0 spiro atoms. The molecule has 0 saturated carbocycles. The molecular weight excluding hydrogens is 250 g/mol. The number of anilines is 1. The van der Waals surface area contributed by atoms with E-state index < -0.39 is 0 Å². The number of hydrogen-bond acceptors (Lipinski definition) is 4. The number of nitrogens with one attached hydrogen (secondary N) is 1. The number of ether oxygens (including phenoxy) is 1. The Labute approximate surface area is 120 Å². The lowest BCUT2D eigenvalue weighted by atomic mass is 10.0. The van der Waals surface area contributed by atoms with Gasteiger partial charge in [0.25, 0.3) is 0 Å². The molecule has 0 radical (unpaired) electrons. The quantitative estimate of drug-likeness (QED) is 0.854. The van der Waals surface area contributed by atoms with Crippen LogP contribution in [0, 0.1) is 0 Å². The second-order valence-corrected chi connectivity index (χ2v) is 4.96. The van der Waals surface area contributed by atoms with E-state index >= 15 is 0 Å². The van der Waals surface area contributed by atoms with Crippen LogP contribution in [0.1, 0.15) is 38.7 Å². The topological polar surface area (TPSA) is 47.0 Å². The highest BCUT2D eigenvalue weighted by Crippen LogP contribution is 2.29. The van der Waals surface area contributed by atoms with E-state index in [1.165, 1.54) is 5.56 Å². The Hall–Kier alpha value is -2.10. The van der Waals surface area contributed by atoms with Gasteiger partial charge in [0, 0.05) is 6.54 Å². The predicted octanol–water partition coefficient (Wildman–Crippen LogP) is 4.21. The Morgan fingerprint density at radius 2 is 2.00 bits per heavy atom. The van der Waals surface area contributed by atoms with Gasteiger partial charge >= 0.3 is 0 Å². The van der Waals surface area contributed by atoms with Crippen LogP contribution in [0.4, 0.5) is 5.82 Å². The molecule has 1 aromatic carbocycles. The molecule has 2 rings (SSSR count). The SMILES string of the molecule is CCCNc1cncc(Oc2ccccc2C(C)C)n1. The van der Waals surface area contributed by atoms with Crippen molar-refractivity contribution in [2.24, 2.45) is 0 Å². The monoisotopic (exact) mass is 271 g/mol. The van der Waals surface area contributed by atoms with Crippen molar-refractivity contribution in [2.75, 3.05) is 11.9 Å². The highest BCUT2D eigenvalue weighted by Gasteiger charge is 2.09. The first-order chi connectivity index (χ1) is 9.70. The maximum Gasteiger partial charge on any atom is 0.239 e. The van der Waals surface area contributed by atoms with Gasteiger partial charge in [-0.1, -0.05) is 39.0 Å². The maximum absolute atomic E-state index is 5.88. The molecule has 1 aromatic heterocycles. The Bertz CT molecular complexity index is 555. The summed E-state index contributed by atoms with van der Waals surface area (Å²) in [4.78, 5) is 8.57. The van der Waals surface area contributed by atoms with Crippen LogP contribution in [0.3, 0.4) is 0 Å². The first-order valence-corrected chi connectivity index (χ1v) is 7.03. The molecule has 0 fully saturated rings. The second-order valence-electron chi connectivity index (χ2n) is 4.96. The molecule has 0 unspecified atom stereocenters. The molecule has 0 aliphatic rings. The summed E-state index contributed by atoms with van der Waals surface area (Å²) in [5.74, 6) is 2.50. The first-order valence-electron chi connectivity index (χ1n) is 7.03. The number of rotatable bonds is 6. The fourth-order valence-electron chi connectivity index (χ4n) is 1.90. The van der Waals surface area contributed by atoms with Gasteiger partial charge in [-0.3, -0.25) is 4.98 Å². The fourth-order valence-corrected chi connectivity index (χ4v) is 1.90. The zero-order valence-corrected chi connectivity index (χ0v) is 12.3. The van der Waals surface area contributed by atoms with Gasteiger partial charge in [0.05, 0.1) is 12.4 Å². The van der Waals surface area contributed by atoms with Gasteiger partial charge in [-0.15, -0.1) is 0 Å². The van der Waals surface area contributed by atoms with Crippen LogP contribution < -0.4 is 10.1 Å². The third kappa shape index (κ3) is 3.70. The van der Waals surface area contributed by atoms with Crippen molar-refractivity contribution in [3.05, 3.63) is 42.2 Å². The Morgan fingerprint density at radius 1 is 1.20 bits per heavy atom. The van der Waals surface area contributed by atoms with Crippen molar-refractivity contribution >= 4 is 5.82 Å². The molecule has 0 atom stereocenters. The summed E-state index contributed by atoms with van der Waals surface area (Å²) in [5, 5.41) is 3.20. The summed E-state index contributed by atoms with van der Waals surface area (Å²) >= 11 is 0. The molecule has 0 saturated heterocycles. The second kappa shape index (κ2) is 6.89. The summed E-state index contributed by atoms with van der Waals surface area (Å²) in [7, 11) is 0. The molecule has 0 aliphatic heterocycles. The summed E-state index contributed by atoms with van der Waals surface area (Å²) in [6.07, 6.45) is 4.38. The van der Waals surface area contributed by atoms with Crippen LogP contribution in [0.5, 0.6) is 11.6 Å². The van der Waals surface area contributed by atoms with E-state index in [1.54, 1.807) is 12.4 Å². The molecule has 2 aromatic rings. The third-order valence-electron chi connectivity index (χ3n) is 2.92. The Kier molecular flexibility index (Phi) is 4.93. The van der Waals surface area contributed by atoms with E-state index in [-0.39, 0.29) is 0 Å². The van der Waals surface area contributed by atoms with E-state index in [0.717, 1.165) is 24.5 Å². The molecule has 106 valence electrons. The number of benzene rings is 1. The van der Waals surface area contributed by atoms with Crippen LogP contribution in [-0.4, -0.2) is 16.5 Å². The summed E-state index contributed by atoms with van der Waals surface area (Å²) < 4.78 is 5.88. The van der Waals surface area contributed by atoms with E-state index in [0.29, 0.717) is 11.8 Å². The maximum atomic E-state index is 5.88. The van der Waals surface area contributed by atoms with Gasteiger partial charge < -0.3 is 10.1 Å². The molecular formula is C16H21N3O. The van der Waals surface area contributed by atoms with Crippen molar-refractivity contribution in [1.82, 2.24) is 9.97 Å². The summed E-state index contributed by atoms with van der Waals surface area (Å²) in [6.45, 7) is 7.28. The predicted molar refractivity (Wildman–Crippen MR) is 81.4 cm³/mol. The van der Waals surface area contributed by atoms with Crippen molar-refractivity contribution in [2.45, 2.75) is 33.1 Å². The van der Waals surface area contributed by atoms with Crippen LogP contribution in [0.25, 0.3) is 0 Å². The van der Waals surface area contributed by atoms with Crippen LogP contribution in [0.2, 0.25) is 0 Å². The van der Waals surface area contributed by atoms with E-state index in [4.69, 9.17) is 4.74 Å². The summed E-state index contributed by atoms with van der Waals surface area (Å²) in [5.41, 5.74) is 1.17. The molecule has 4 nitrogen and oxygen atoms in total. The summed E-state index contributed by atoms with van der Waals surface area (Å²) in [6, 6.07) is 8.02. The first kappa shape index (κ1) is 14.3. The highest BCUT2D eigenvalue weighted by atomic mass is 16.5. The smallest absolute Gasteiger partial charge is 0.239 e. The van der Waals surface area contributed by atoms with Gasteiger partial charge in [0.2, 0.25) is 5.88 Å². The Balaban J connectivity index is 2.17. The standard InChI is InChI=1S/C16H21N3O/c1-4-9-18-15-10-17-11-16(19-15)20-14-8-6-5-7-13(14)12(2)3/h5-8,10-12H,4,9H2,1-3H3,(H,18,19). The van der Waals surface area contributed by atoms with Crippen LogP contribution in [-0.2, 0) is 0 Å². The number of hydrogen-bond donors (Lipinski definition) is 1. The van der Waals surface area contributed by atoms with Gasteiger partial charge in [-0.05, 0) is 24.0 Å². The van der Waals surface area contributed by atoms with Crippen molar-refractivity contribution in [3.8, 4) is 11.6 Å². The van der Waals surface area contributed by atoms with Gasteiger partial charge in [-0.2, -0.15) is 4.98 Å². The average molecular weight is 271 g/mol. The molecule has 1 N–H and O–H groups in total. The van der Waals surface area contributed by atoms with E-state index in [2.05, 4.69) is 42.1 Å². The van der Waals surface area contributed by atoms with Gasteiger partial charge in [0.1, 0.15) is 11.6 Å². The fraction of sp³-hybridized carbons (Fsp3) is 0.375. The lowest BCUT2D eigenvalue weighted by Gasteiger charge is -2.13. The highest BCUT2D eigenvalue weighted by molar-refractivity contribution is 5.39. The molecule has 0 aliphatic carbocycles. The Morgan fingerprint density at radius 3 is 2.75 bits per heavy atom. The van der Waals surface area contributed by atoms with Crippen LogP contribution >= 0.6 is 0 Å². The molecule has 0 amide bonds.